The summed E-state index contributed by atoms with van der Waals surface area (Å²) in [7, 11) is 0. The van der Waals surface area contributed by atoms with E-state index in [2.05, 4.69) is 31.1 Å². The van der Waals surface area contributed by atoms with E-state index in [9.17, 15) is 9.59 Å². The van der Waals surface area contributed by atoms with E-state index in [0.717, 1.165) is 58.9 Å². The van der Waals surface area contributed by atoms with Crippen LogP contribution in [0.2, 0.25) is 0 Å². The van der Waals surface area contributed by atoms with Crippen molar-refractivity contribution in [2.75, 3.05) is 22.5 Å². The number of anilines is 2. The molecule has 2 fully saturated rings. The predicted molar refractivity (Wildman–Crippen MR) is 133 cm³/mol. The molecule has 9 heteroatoms. The van der Waals surface area contributed by atoms with Crippen molar-refractivity contribution in [2.45, 2.75) is 36.9 Å². The van der Waals surface area contributed by atoms with Crippen molar-refractivity contribution < 1.29 is 9.59 Å². The molecule has 2 aromatic heterocycles. The summed E-state index contributed by atoms with van der Waals surface area (Å²) in [5.74, 6) is 1.08. The lowest BCUT2D eigenvalue weighted by atomic mass is 10.1. The molecule has 34 heavy (non-hydrogen) atoms. The molecule has 8 nitrogen and oxygen atoms in total. The molecule has 0 unspecified atom stereocenters. The van der Waals surface area contributed by atoms with Crippen molar-refractivity contribution >= 4 is 45.9 Å². The highest BCUT2D eigenvalue weighted by Crippen LogP contribution is 2.42. The Morgan fingerprint density at radius 2 is 2.03 bits per heavy atom. The van der Waals surface area contributed by atoms with Crippen LogP contribution in [0.4, 0.5) is 11.4 Å². The van der Waals surface area contributed by atoms with Gasteiger partial charge in [-0.1, -0.05) is 36.0 Å². The Morgan fingerprint density at radius 1 is 1.15 bits per heavy atom. The van der Waals surface area contributed by atoms with E-state index in [4.69, 9.17) is 0 Å². The summed E-state index contributed by atoms with van der Waals surface area (Å²) in [6, 6.07) is 16.0. The largest absolute Gasteiger partial charge is 0.360 e. The SMILES string of the molecule is O=C(CSc1nnc(-c2c[nH]c3ccccc23)n1C1CC1)Nc1cccc(N2CCCC2=O)c1. The van der Waals surface area contributed by atoms with Crippen LogP contribution in [0.5, 0.6) is 0 Å². The highest BCUT2D eigenvalue weighted by Gasteiger charge is 2.31. The van der Waals surface area contributed by atoms with Gasteiger partial charge in [0.25, 0.3) is 0 Å². The van der Waals surface area contributed by atoms with E-state index in [1.165, 1.54) is 11.8 Å². The highest BCUT2D eigenvalue weighted by atomic mass is 32.2. The molecule has 1 saturated carbocycles. The fourth-order valence-electron chi connectivity index (χ4n) is 4.48. The number of benzene rings is 2. The average Bonchev–Trinajstić information content (AvgIpc) is 3.25. The first-order valence-electron chi connectivity index (χ1n) is 11.5. The van der Waals surface area contributed by atoms with Crippen LogP contribution >= 0.6 is 11.8 Å². The number of nitrogens with one attached hydrogen (secondary N) is 2. The minimum atomic E-state index is -0.117. The van der Waals surface area contributed by atoms with Gasteiger partial charge in [-0.3, -0.25) is 14.2 Å². The molecule has 6 rings (SSSR count). The number of thioether (sulfide) groups is 1. The Bertz CT molecular complexity index is 1390. The summed E-state index contributed by atoms with van der Waals surface area (Å²) in [4.78, 5) is 29.8. The molecule has 2 aromatic carbocycles. The smallest absolute Gasteiger partial charge is 0.234 e. The number of hydrogen-bond acceptors (Lipinski definition) is 5. The van der Waals surface area contributed by atoms with Crippen molar-refractivity contribution in [1.29, 1.82) is 0 Å². The number of carbonyl (C=O) groups excluding carboxylic acids is 2. The first-order valence-corrected chi connectivity index (χ1v) is 12.5. The Kier molecular flexibility index (Phi) is 5.33. The topological polar surface area (TPSA) is 95.9 Å². The number of para-hydroxylation sites is 1. The van der Waals surface area contributed by atoms with Crippen LogP contribution in [-0.2, 0) is 9.59 Å². The summed E-state index contributed by atoms with van der Waals surface area (Å²) in [6.07, 6.45) is 5.61. The van der Waals surface area contributed by atoms with E-state index in [-0.39, 0.29) is 17.6 Å². The number of hydrogen-bond donors (Lipinski definition) is 2. The maximum Gasteiger partial charge on any atom is 0.234 e. The average molecular weight is 473 g/mol. The highest BCUT2D eigenvalue weighted by molar-refractivity contribution is 7.99. The maximum atomic E-state index is 12.7. The van der Waals surface area contributed by atoms with Crippen LogP contribution in [0.1, 0.15) is 31.7 Å². The quantitative estimate of drug-likeness (QED) is 0.383. The third-order valence-electron chi connectivity index (χ3n) is 6.25. The molecule has 0 radical (unpaired) electrons. The summed E-state index contributed by atoms with van der Waals surface area (Å²) in [5.41, 5.74) is 3.60. The van der Waals surface area contributed by atoms with Crippen molar-refractivity contribution in [3.8, 4) is 11.4 Å². The molecule has 3 heterocycles. The molecule has 1 aliphatic heterocycles. The predicted octanol–water partition coefficient (Wildman–Crippen LogP) is 4.62. The van der Waals surface area contributed by atoms with E-state index >= 15 is 0 Å². The molecular weight excluding hydrogens is 448 g/mol. The van der Waals surface area contributed by atoms with E-state index < -0.39 is 0 Å². The summed E-state index contributed by atoms with van der Waals surface area (Å²) in [5, 5.41) is 13.8. The second kappa shape index (κ2) is 8.64. The van der Waals surface area contributed by atoms with Crippen LogP contribution < -0.4 is 10.2 Å². The molecule has 172 valence electrons. The first-order chi connectivity index (χ1) is 16.7. The Morgan fingerprint density at radius 3 is 2.85 bits per heavy atom. The van der Waals surface area contributed by atoms with Gasteiger partial charge in [-0.25, -0.2) is 0 Å². The van der Waals surface area contributed by atoms with Crippen molar-refractivity contribution in [3.05, 3.63) is 54.7 Å². The standard InChI is InChI=1S/C25H24N6O2S/c32-22(27-16-5-3-6-18(13-16)30-12-4-9-23(30)33)15-34-25-29-28-24(31(25)17-10-11-17)20-14-26-21-8-2-1-7-19(20)21/h1-3,5-8,13-14,17,26H,4,9-12,15H2,(H,27,32). The molecule has 4 aromatic rings. The molecule has 2 N–H and O–H groups in total. The van der Waals surface area contributed by atoms with Gasteiger partial charge in [0.05, 0.1) is 5.75 Å². The zero-order valence-corrected chi connectivity index (χ0v) is 19.3. The zero-order chi connectivity index (χ0) is 23.1. The van der Waals surface area contributed by atoms with Gasteiger partial charge < -0.3 is 15.2 Å². The van der Waals surface area contributed by atoms with Crippen LogP contribution in [0.15, 0.2) is 59.9 Å². The Labute approximate surface area is 200 Å². The lowest BCUT2D eigenvalue weighted by Crippen LogP contribution is -2.23. The normalized spacial score (nSPS) is 15.9. The molecule has 1 aliphatic carbocycles. The number of aromatic nitrogens is 4. The first kappa shape index (κ1) is 21.0. The summed E-state index contributed by atoms with van der Waals surface area (Å²) >= 11 is 1.40. The number of amides is 2. The lowest BCUT2D eigenvalue weighted by molar-refractivity contribution is -0.117. The summed E-state index contributed by atoms with van der Waals surface area (Å²) < 4.78 is 2.17. The molecule has 0 spiro atoms. The van der Waals surface area contributed by atoms with Crippen molar-refractivity contribution in [3.63, 3.8) is 0 Å². The minimum absolute atomic E-state index is 0.117. The second-order valence-electron chi connectivity index (χ2n) is 8.69. The monoisotopic (exact) mass is 472 g/mol. The second-order valence-corrected chi connectivity index (χ2v) is 9.63. The van der Waals surface area contributed by atoms with Gasteiger partial charge in [0.1, 0.15) is 0 Å². The fourth-order valence-corrected chi connectivity index (χ4v) is 5.28. The molecule has 0 atom stereocenters. The minimum Gasteiger partial charge on any atom is -0.360 e. The Balaban J connectivity index is 1.17. The lowest BCUT2D eigenvalue weighted by Gasteiger charge is -2.16. The van der Waals surface area contributed by atoms with Crippen molar-refractivity contribution in [1.82, 2.24) is 19.7 Å². The molecule has 1 saturated heterocycles. The maximum absolute atomic E-state index is 12.7. The van der Waals surface area contributed by atoms with Gasteiger partial charge in [-0.2, -0.15) is 0 Å². The molecule has 2 aliphatic rings. The number of rotatable bonds is 7. The van der Waals surface area contributed by atoms with E-state index in [0.29, 0.717) is 18.2 Å². The third-order valence-corrected chi connectivity index (χ3v) is 7.20. The Hall–Kier alpha value is -3.59. The number of H-pyrrole nitrogens is 1. The van der Waals surface area contributed by atoms with E-state index in [1.54, 1.807) is 4.90 Å². The number of aromatic amines is 1. The van der Waals surface area contributed by atoms with Crippen LogP contribution in [0, 0.1) is 0 Å². The zero-order valence-electron chi connectivity index (χ0n) is 18.5. The summed E-state index contributed by atoms with van der Waals surface area (Å²) in [6.45, 7) is 0.724. The van der Waals surface area contributed by atoms with Crippen molar-refractivity contribution in [2.24, 2.45) is 0 Å². The van der Waals surface area contributed by atoms with E-state index in [1.807, 2.05) is 48.7 Å². The van der Waals surface area contributed by atoms with Gasteiger partial charge in [0, 0.05) is 53.0 Å². The molecule has 2 amide bonds. The van der Waals surface area contributed by atoms with Gasteiger partial charge in [-0.15, -0.1) is 10.2 Å². The molecule has 0 bridgehead atoms. The van der Waals surface area contributed by atoms with Gasteiger partial charge >= 0.3 is 0 Å². The molecular formula is C25H24N6O2S. The van der Waals surface area contributed by atoms with Gasteiger partial charge in [0.2, 0.25) is 11.8 Å². The van der Waals surface area contributed by atoms with Crippen LogP contribution in [0.3, 0.4) is 0 Å². The number of carbonyl (C=O) groups is 2. The number of fused-ring (bicyclic) bond motifs is 1. The van der Waals surface area contributed by atoms with Crippen LogP contribution in [0.25, 0.3) is 22.3 Å². The van der Waals surface area contributed by atoms with Crippen LogP contribution in [-0.4, -0.2) is 43.9 Å². The number of nitrogens with zero attached hydrogens (tertiary/aromatic N) is 4. The van der Waals surface area contributed by atoms with Gasteiger partial charge in [0.15, 0.2) is 11.0 Å². The fraction of sp³-hybridized carbons (Fsp3) is 0.280. The third kappa shape index (κ3) is 3.96. The van der Waals surface area contributed by atoms with Gasteiger partial charge in [-0.05, 0) is 43.5 Å².